The zero-order chi connectivity index (χ0) is 19.7. The molecule has 0 atom stereocenters. The van der Waals surface area contributed by atoms with Crippen LogP contribution in [0.4, 0.5) is 5.69 Å². The first-order valence-electron chi connectivity index (χ1n) is 8.56. The van der Waals surface area contributed by atoms with Crippen molar-refractivity contribution in [2.24, 2.45) is 0 Å². The van der Waals surface area contributed by atoms with Gasteiger partial charge >= 0.3 is 5.97 Å². The van der Waals surface area contributed by atoms with E-state index in [2.05, 4.69) is 46.9 Å². The quantitative estimate of drug-likeness (QED) is 0.842. The van der Waals surface area contributed by atoms with Crippen LogP contribution in [0.2, 0.25) is 0 Å². The van der Waals surface area contributed by atoms with Crippen LogP contribution in [0, 0.1) is 0 Å². The van der Waals surface area contributed by atoms with Crippen molar-refractivity contribution in [3.05, 3.63) is 58.9 Å². The SMILES string of the molecule is CC(C)(C)c1cc(NC(=O)c2ccc(C(=O)O)cc2)cc(C(C)(C)C)n1. The maximum absolute atomic E-state index is 12.5. The van der Waals surface area contributed by atoms with Crippen LogP contribution in [0.25, 0.3) is 0 Å². The molecule has 1 aromatic heterocycles. The molecular weight excluding hydrogens is 328 g/mol. The van der Waals surface area contributed by atoms with E-state index < -0.39 is 5.97 Å². The molecule has 2 rings (SSSR count). The second kappa shape index (κ2) is 6.90. The summed E-state index contributed by atoms with van der Waals surface area (Å²) in [5.74, 6) is -1.30. The minimum atomic E-state index is -1.02. The number of hydrogen-bond donors (Lipinski definition) is 2. The zero-order valence-electron chi connectivity index (χ0n) is 16.2. The molecule has 0 saturated carbocycles. The summed E-state index contributed by atoms with van der Waals surface area (Å²) >= 11 is 0. The van der Waals surface area contributed by atoms with Crippen LogP contribution in [0.1, 0.15) is 73.6 Å². The second-order valence-corrected chi connectivity index (χ2v) is 8.46. The Morgan fingerprint density at radius 1 is 0.846 bits per heavy atom. The molecule has 2 aromatic rings. The number of aromatic nitrogens is 1. The molecule has 0 aliphatic heterocycles. The lowest BCUT2D eigenvalue weighted by Crippen LogP contribution is -2.21. The maximum atomic E-state index is 12.5. The number of nitrogens with one attached hydrogen (secondary N) is 1. The second-order valence-electron chi connectivity index (χ2n) is 8.46. The van der Waals surface area contributed by atoms with Crippen molar-refractivity contribution >= 4 is 17.6 Å². The highest BCUT2D eigenvalue weighted by molar-refractivity contribution is 6.04. The van der Waals surface area contributed by atoms with Crippen molar-refractivity contribution in [1.29, 1.82) is 0 Å². The van der Waals surface area contributed by atoms with Gasteiger partial charge in [-0.1, -0.05) is 41.5 Å². The van der Waals surface area contributed by atoms with Gasteiger partial charge in [0, 0.05) is 33.5 Å². The third kappa shape index (κ3) is 4.69. The molecule has 5 nitrogen and oxygen atoms in total. The Kier molecular flexibility index (Phi) is 5.21. The molecule has 1 amide bonds. The molecule has 0 aliphatic carbocycles. The fourth-order valence-corrected chi connectivity index (χ4v) is 2.34. The predicted octanol–water partition coefficient (Wildman–Crippen LogP) is 4.63. The van der Waals surface area contributed by atoms with E-state index >= 15 is 0 Å². The van der Waals surface area contributed by atoms with Crippen LogP contribution in [0.15, 0.2) is 36.4 Å². The molecule has 0 fully saturated rings. The van der Waals surface area contributed by atoms with E-state index in [1.807, 2.05) is 12.1 Å². The van der Waals surface area contributed by atoms with Crippen molar-refractivity contribution in [1.82, 2.24) is 4.98 Å². The van der Waals surface area contributed by atoms with Gasteiger partial charge in [-0.25, -0.2) is 4.79 Å². The zero-order valence-corrected chi connectivity index (χ0v) is 16.2. The smallest absolute Gasteiger partial charge is 0.335 e. The standard InChI is InChI=1S/C21H26N2O3/c1-20(2,3)16-11-15(12-17(23-16)21(4,5)6)22-18(24)13-7-9-14(10-8-13)19(25)26/h7-12H,1-6H3,(H,25,26)(H,22,23,24). The molecule has 0 spiro atoms. The van der Waals surface area contributed by atoms with Gasteiger partial charge in [0.2, 0.25) is 0 Å². The molecule has 0 unspecified atom stereocenters. The summed E-state index contributed by atoms with van der Waals surface area (Å²) in [5, 5.41) is 11.9. The van der Waals surface area contributed by atoms with Crippen molar-refractivity contribution < 1.29 is 14.7 Å². The van der Waals surface area contributed by atoms with Gasteiger partial charge in [-0.15, -0.1) is 0 Å². The number of carbonyl (C=O) groups excluding carboxylic acids is 1. The van der Waals surface area contributed by atoms with Gasteiger partial charge in [0.15, 0.2) is 0 Å². The van der Waals surface area contributed by atoms with Gasteiger partial charge in [-0.3, -0.25) is 9.78 Å². The molecule has 1 aromatic carbocycles. The summed E-state index contributed by atoms with van der Waals surface area (Å²) in [7, 11) is 0. The Morgan fingerprint density at radius 2 is 1.27 bits per heavy atom. The molecule has 1 heterocycles. The van der Waals surface area contributed by atoms with Crippen LogP contribution in [-0.4, -0.2) is 22.0 Å². The first kappa shape index (κ1) is 19.6. The number of benzene rings is 1. The molecule has 0 saturated heterocycles. The Morgan fingerprint density at radius 3 is 1.65 bits per heavy atom. The molecule has 0 bridgehead atoms. The Labute approximate surface area is 154 Å². The molecule has 5 heteroatoms. The predicted molar refractivity (Wildman–Crippen MR) is 103 cm³/mol. The van der Waals surface area contributed by atoms with E-state index in [0.29, 0.717) is 11.3 Å². The summed E-state index contributed by atoms with van der Waals surface area (Å²) in [5.41, 5.74) is 2.75. The van der Waals surface area contributed by atoms with E-state index in [-0.39, 0.29) is 22.3 Å². The highest BCUT2D eigenvalue weighted by Crippen LogP contribution is 2.29. The van der Waals surface area contributed by atoms with Crippen molar-refractivity contribution in [3.8, 4) is 0 Å². The Bertz CT molecular complexity index is 794. The maximum Gasteiger partial charge on any atom is 0.335 e. The topological polar surface area (TPSA) is 79.3 Å². The van der Waals surface area contributed by atoms with Gasteiger partial charge in [0.1, 0.15) is 0 Å². The largest absolute Gasteiger partial charge is 0.478 e. The van der Waals surface area contributed by atoms with Crippen molar-refractivity contribution in [2.75, 3.05) is 5.32 Å². The average Bonchev–Trinajstić information content (AvgIpc) is 2.53. The van der Waals surface area contributed by atoms with Gasteiger partial charge in [0.25, 0.3) is 5.91 Å². The summed E-state index contributed by atoms with van der Waals surface area (Å²) in [6.07, 6.45) is 0. The molecule has 138 valence electrons. The van der Waals surface area contributed by atoms with Gasteiger partial charge in [-0.05, 0) is 36.4 Å². The van der Waals surface area contributed by atoms with Crippen LogP contribution in [-0.2, 0) is 10.8 Å². The molecule has 2 N–H and O–H groups in total. The minimum Gasteiger partial charge on any atom is -0.478 e. The summed E-state index contributed by atoms with van der Waals surface area (Å²) in [6, 6.07) is 9.64. The highest BCUT2D eigenvalue weighted by Gasteiger charge is 2.23. The van der Waals surface area contributed by atoms with Gasteiger partial charge in [0.05, 0.1) is 5.56 Å². The van der Waals surface area contributed by atoms with Crippen molar-refractivity contribution in [3.63, 3.8) is 0 Å². The molecule has 0 radical (unpaired) electrons. The van der Waals surface area contributed by atoms with Gasteiger partial charge in [-0.2, -0.15) is 0 Å². The van der Waals surface area contributed by atoms with Crippen LogP contribution >= 0.6 is 0 Å². The van der Waals surface area contributed by atoms with E-state index in [4.69, 9.17) is 10.1 Å². The number of pyridine rings is 1. The number of amides is 1. The Balaban J connectivity index is 2.35. The van der Waals surface area contributed by atoms with E-state index in [1.165, 1.54) is 24.3 Å². The molecule has 26 heavy (non-hydrogen) atoms. The third-order valence-corrected chi connectivity index (χ3v) is 4.01. The first-order valence-corrected chi connectivity index (χ1v) is 8.56. The van der Waals surface area contributed by atoms with Crippen LogP contribution < -0.4 is 5.32 Å². The average molecular weight is 354 g/mol. The summed E-state index contributed by atoms with van der Waals surface area (Å²) in [6.45, 7) is 12.5. The number of carboxylic acid groups (broad SMARTS) is 1. The summed E-state index contributed by atoms with van der Waals surface area (Å²) in [4.78, 5) is 28.2. The summed E-state index contributed by atoms with van der Waals surface area (Å²) < 4.78 is 0. The minimum absolute atomic E-state index is 0.149. The number of hydrogen-bond acceptors (Lipinski definition) is 3. The van der Waals surface area contributed by atoms with Gasteiger partial charge < -0.3 is 10.4 Å². The molecule has 0 aliphatic rings. The number of rotatable bonds is 3. The van der Waals surface area contributed by atoms with Crippen LogP contribution in [0.5, 0.6) is 0 Å². The highest BCUT2D eigenvalue weighted by atomic mass is 16.4. The van der Waals surface area contributed by atoms with E-state index in [0.717, 1.165) is 11.4 Å². The molecular formula is C21H26N2O3. The third-order valence-electron chi connectivity index (χ3n) is 4.01. The first-order chi connectivity index (χ1) is 11.9. The van der Waals surface area contributed by atoms with E-state index in [1.54, 1.807) is 0 Å². The number of aromatic carboxylic acids is 1. The number of carbonyl (C=O) groups is 2. The lowest BCUT2D eigenvalue weighted by Gasteiger charge is -2.25. The fourth-order valence-electron chi connectivity index (χ4n) is 2.34. The lowest BCUT2D eigenvalue weighted by atomic mass is 9.87. The Hall–Kier alpha value is -2.69. The lowest BCUT2D eigenvalue weighted by molar-refractivity contribution is 0.0696. The van der Waals surface area contributed by atoms with Crippen LogP contribution in [0.3, 0.4) is 0 Å². The normalized spacial score (nSPS) is 11.9. The number of nitrogens with zero attached hydrogens (tertiary/aromatic N) is 1. The monoisotopic (exact) mass is 354 g/mol. The number of carboxylic acids is 1. The van der Waals surface area contributed by atoms with Crippen molar-refractivity contribution in [2.45, 2.75) is 52.4 Å². The number of anilines is 1. The fraction of sp³-hybridized carbons (Fsp3) is 0.381. The van der Waals surface area contributed by atoms with E-state index in [9.17, 15) is 9.59 Å².